The molecule has 0 radical (unpaired) electrons. The number of hydrogen-bond acceptors (Lipinski definition) is 6. The minimum atomic E-state index is -0.101. The quantitative estimate of drug-likeness (QED) is 0.656. The average molecular weight is 412 g/mol. The molecule has 0 bridgehead atoms. The van der Waals surface area contributed by atoms with E-state index in [9.17, 15) is 4.79 Å². The van der Waals surface area contributed by atoms with Gasteiger partial charge in [0, 0.05) is 27.9 Å². The lowest BCUT2D eigenvalue weighted by Gasteiger charge is -2.25. The Bertz CT molecular complexity index is 1000. The summed E-state index contributed by atoms with van der Waals surface area (Å²) in [6.07, 6.45) is 3.86. The normalized spacial score (nSPS) is 16.1. The second kappa shape index (κ2) is 7.66. The van der Waals surface area contributed by atoms with Crippen molar-refractivity contribution in [2.24, 2.45) is 0 Å². The molecule has 144 valence electrons. The zero-order valence-corrected chi connectivity index (χ0v) is 17.1. The molecule has 0 spiro atoms. The number of carbonyl (C=O) groups is 1. The summed E-state index contributed by atoms with van der Waals surface area (Å²) >= 11 is 3.01. The van der Waals surface area contributed by atoms with E-state index in [1.807, 2.05) is 35.7 Å². The summed E-state index contributed by atoms with van der Waals surface area (Å²) in [7, 11) is 0. The van der Waals surface area contributed by atoms with E-state index < -0.39 is 0 Å². The van der Waals surface area contributed by atoms with Crippen molar-refractivity contribution in [3.8, 4) is 16.2 Å². The van der Waals surface area contributed by atoms with Gasteiger partial charge in [-0.3, -0.25) is 15.0 Å². The lowest BCUT2D eigenvalue weighted by atomic mass is 10.1. The predicted octanol–water partition coefficient (Wildman–Crippen LogP) is 5.00. The van der Waals surface area contributed by atoms with Crippen LogP contribution in [0.2, 0.25) is 0 Å². The first-order valence-electron chi connectivity index (χ1n) is 9.59. The Labute approximate surface area is 172 Å². The van der Waals surface area contributed by atoms with E-state index in [0.717, 1.165) is 47.1 Å². The molecule has 0 unspecified atom stereocenters. The second-order valence-corrected chi connectivity index (χ2v) is 9.10. The predicted molar refractivity (Wildman–Crippen MR) is 113 cm³/mol. The summed E-state index contributed by atoms with van der Waals surface area (Å²) in [6.45, 7) is 3.66. The molecular formula is C21H21N3O2S2. The van der Waals surface area contributed by atoms with Gasteiger partial charge in [0.2, 0.25) is 0 Å². The van der Waals surface area contributed by atoms with Crippen molar-refractivity contribution in [2.75, 3.05) is 18.4 Å². The first-order chi connectivity index (χ1) is 13.8. The van der Waals surface area contributed by atoms with Gasteiger partial charge in [-0.2, -0.15) is 0 Å². The summed E-state index contributed by atoms with van der Waals surface area (Å²) < 4.78 is 5.80. The van der Waals surface area contributed by atoms with Gasteiger partial charge in [0.05, 0.1) is 10.6 Å². The van der Waals surface area contributed by atoms with E-state index in [1.54, 1.807) is 0 Å². The van der Waals surface area contributed by atoms with Gasteiger partial charge in [-0.15, -0.1) is 22.7 Å². The van der Waals surface area contributed by atoms with Crippen LogP contribution < -0.4 is 10.1 Å². The molecule has 1 N–H and O–H groups in total. The topological polar surface area (TPSA) is 54.5 Å². The maximum atomic E-state index is 12.8. The molecule has 7 heteroatoms. The van der Waals surface area contributed by atoms with Crippen molar-refractivity contribution < 1.29 is 9.53 Å². The number of aromatic nitrogens is 1. The minimum absolute atomic E-state index is 0.101. The van der Waals surface area contributed by atoms with E-state index >= 15 is 0 Å². The highest BCUT2D eigenvalue weighted by atomic mass is 32.1. The minimum Gasteiger partial charge on any atom is -0.488 e. The molecule has 1 amide bonds. The van der Waals surface area contributed by atoms with Crippen LogP contribution in [-0.4, -0.2) is 28.9 Å². The number of fused-ring (bicyclic) bond motifs is 3. The third-order valence-corrected chi connectivity index (χ3v) is 7.17. The monoisotopic (exact) mass is 411 g/mol. The fourth-order valence-electron chi connectivity index (χ4n) is 3.75. The summed E-state index contributed by atoms with van der Waals surface area (Å²) in [5, 5.41) is 5.68. The van der Waals surface area contributed by atoms with Gasteiger partial charge in [0.1, 0.15) is 12.4 Å². The van der Waals surface area contributed by atoms with E-state index in [4.69, 9.17) is 4.74 Å². The Balaban J connectivity index is 1.29. The summed E-state index contributed by atoms with van der Waals surface area (Å²) in [6, 6.07) is 9.91. The van der Waals surface area contributed by atoms with Crippen molar-refractivity contribution in [1.29, 1.82) is 0 Å². The second-order valence-electron chi connectivity index (χ2n) is 7.18. The number of piperidine rings is 1. The number of nitrogens with zero attached hydrogens (tertiary/aromatic N) is 2. The molecule has 4 heterocycles. The molecule has 1 fully saturated rings. The largest absolute Gasteiger partial charge is 0.488 e. The number of carbonyl (C=O) groups excluding carboxylic acids is 1. The first kappa shape index (κ1) is 17.8. The molecule has 0 aliphatic carbocycles. The number of para-hydroxylation sites is 1. The van der Waals surface area contributed by atoms with Gasteiger partial charge < -0.3 is 4.74 Å². The number of anilines is 1. The molecule has 5 nitrogen and oxygen atoms in total. The Hall–Kier alpha value is -2.22. The van der Waals surface area contributed by atoms with Gasteiger partial charge in [0.25, 0.3) is 5.91 Å². The molecule has 3 aromatic rings. The number of hydrogen-bond donors (Lipinski definition) is 1. The maximum absolute atomic E-state index is 12.8. The molecule has 0 atom stereocenters. The third kappa shape index (κ3) is 3.57. The lowest BCUT2D eigenvalue weighted by Crippen LogP contribution is -2.29. The van der Waals surface area contributed by atoms with Crippen LogP contribution >= 0.6 is 22.7 Å². The van der Waals surface area contributed by atoms with E-state index in [0.29, 0.717) is 16.6 Å². The van der Waals surface area contributed by atoms with E-state index in [2.05, 4.69) is 15.2 Å². The zero-order valence-electron chi connectivity index (χ0n) is 15.4. The smallest absolute Gasteiger partial charge is 0.267 e. The maximum Gasteiger partial charge on any atom is 0.267 e. The summed E-state index contributed by atoms with van der Waals surface area (Å²) in [5.74, 6) is 0.779. The number of thiophene rings is 1. The van der Waals surface area contributed by atoms with Crippen molar-refractivity contribution >= 4 is 33.7 Å². The van der Waals surface area contributed by atoms with Gasteiger partial charge in [-0.25, -0.2) is 4.98 Å². The van der Waals surface area contributed by atoms with Crippen molar-refractivity contribution in [1.82, 2.24) is 9.88 Å². The number of ether oxygens (including phenoxy) is 1. The van der Waals surface area contributed by atoms with Crippen LogP contribution in [0.25, 0.3) is 10.4 Å². The first-order valence-corrected chi connectivity index (χ1v) is 11.3. The number of rotatable bonds is 4. The van der Waals surface area contributed by atoms with Crippen LogP contribution in [0.5, 0.6) is 5.75 Å². The fraction of sp³-hybridized carbons (Fsp3) is 0.333. The summed E-state index contributed by atoms with van der Waals surface area (Å²) in [5.41, 5.74) is 3.17. The molecule has 1 saturated heterocycles. The number of benzene rings is 1. The molecule has 1 aromatic carbocycles. The summed E-state index contributed by atoms with van der Waals surface area (Å²) in [4.78, 5) is 21.6. The van der Waals surface area contributed by atoms with Gasteiger partial charge in [0.15, 0.2) is 5.13 Å². The molecule has 0 saturated carbocycles. The molecule has 28 heavy (non-hydrogen) atoms. The molecule has 5 rings (SSSR count). The van der Waals surface area contributed by atoms with Gasteiger partial charge in [-0.05, 0) is 44.1 Å². The Morgan fingerprint density at radius 2 is 2.07 bits per heavy atom. The van der Waals surface area contributed by atoms with E-state index in [1.165, 1.54) is 41.9 Å². The number of nitrogens with one attached hydrogen (secondary N) is 1. The van der Waals surface area contributed by atoms with Crippen LogP contribution in [0.1, 0.15) is 40.2 Å². The SMILES string of the molecule is O=C(Nc1nc(CN2CCCCC2)cs1)c1cc2c(s1)-c1ccccc1OC2. The van der Waals surface area contributed by atoms with Gasteiger partial charge >= 0.3 is 0 Å². The van der Waals surface area contributed by atoms with Gasteiger partial charge in [-0.1, -0.05) is 18.6 Å². The highest BCUT2D eigenvalue weighted by molar-refractivity contribution is 7.18. The van der Waals surface area contributed by atoms with E-state index in [-0.39, 0.29) is 5.91 Å². The fourth-order valence-corrected chi connectivity index (χ4v) is 5.54. The third-order valence-electron chi connectivity index (χ3n) is 5.15. The van der Waals surface area contributed by atoms with Crippen LogP contribution in [0, 0.1) is 0 Å². The Morgan fingerprint density at radius 3 is 2.96 bits per heavy atom. The Kier molecular flexibility index (Phi) is 4.88. The number of thiazole rings is 1. The van der Waals surface area contributed by atoms with Crippen LogP contribution in [0.4, 0.5) is 5.13 Å². The van der Waals surface area contributed by atoms with Crippen LogP contribution in [0.3, 0.4) is 0 Å². The molecule has 2 aliphatic heterocycles. The highest BCUT2D eigenvalue weighted by Gasteiger charge is 2.23. The standard InChI is InChI=1S/C21H21N3O2S2/c25-20(23-21-22-15(13-27-21)11-24-8-4-1-5-9-24)18-10-14-12-26-17-7-3-2-6-16(17)19(14)28-18/h2-3,6-7,10,13H,1,4-5,8-9,11-12H2,(H,22,23,25). The highest BCUT2D eigenvalue weighted by Crippen LogP contribution is 2.42. The molecule has 2 aliphatic rings. The molecular weight excluding hydrogens is 390 g/mol. The van der Waals surface area contributed by atoms with Crippen molar-refractivity contribution in [3.63, 3.8) is 0 Å². The number of likely N-dealkylation sites (tertiary alicyclic amines) is 1. The van der Waals surface area contributed by atoms with Crippen molar-refractivity contribution in [2.45, 2.75) is 32.4 Å². The van der Waals surface area contributed by atoms with Crippen LogP contribution in [-0.2, 0) is 13.2 Å². The lowest BCUT2D eigenvalue weighted by molar-refractivity contribution is 0.103. The Morgan fingerprint density at radius 1 is 1.21 bits per heavy atom. The average Bonchev–Trinajstić information content (AvgIpc) is 3.36. The molecule has 2 aromatic heterocycles. The van der Waals surface area contributed by atoms with Crippen molar-refractivity contribution in [3.05, 3.63) is 51.8 Å². The zero-order chi connectivity index (χ0) is 18.9. The number of amides is 1. The van der Waals surface area contributed by atoms with Crippen LogP contribution in [0.15, 0.2) is 35.7 Å².